The molecule has 2 N–H and O–H groups in total. The van der Waals surface area contributed by atoms with Gasteiger partial charge in [0, 0.05) is 5.41 Å². The maximum absolute atomic E-state index is 12.9. The second-order valence-corrected chi connectivity index (χ2v) is 4.91. The Balaban J connectivity index is 2.85. The molecule has 0 aromatic heterocycles. The molecule has 2 nitrogen and oxygen atoms in total. The van der Waals surface area contributed by atoms with Crippen molar-refractivity contribution >= 4 is 15.9 Å². The molecule has 0 amide bonds. The zero-order valence-electron chi connectivity index (χ0n) is 8.50. The van der Waals surface area contributed by atoms with Gasteiger partial charge in [0.1, 0.15) is 5.82 Å². The van der Waals surface area contributed by atoms with Crippen LogP contribution in [0.2, 0.25) is 0 Å². The Morgan fingerprint density at radius 2 is 1.93 bits per heavy atom. The van der Waals surface area contributed by atoms with Gasteiger partial charge in [0.2, 0.25) is 0 Å². The van der Waals surface area contributed by atoms with Crippen LogP contribution in [0, 0.1) is 11.2 Å². The summed E-state index contributed by atoms with van der Waals surface area (Å²) in [6, 6.07) is 4.69. The number of rotatable bonds is 4. The fourth-order valence-corrected chi connectivity index (χ4v) is 1.73. The summed E-state index contributed by atoms with van der Waals surface area (Å²) in [5.41, 5.74) is 0.325. The van der Waals surface area contributed by atoms with E-state index in [4.69, 9.17) is 10.2 Å². The van der Waals surface area contributed by atoms with Gasteiger partial charge in [-0.25, -0.2) is 4.39 Å². The third-order valence-corrected chi connectivity index (χ3v) is 2.99. The second-order valence-electron chi connectivity index (χ2n) is 4.05. The summed E-state index contributed by atoms with van der Waals surface area (Å²) in [4.78, 5) is 0. The molecule has 0 unspecified atom stereocenters. The highest BCUT2D eigenvalue weighted by molar-refractivity contribution is 9.10. The SMILES string of the molecule is CC(CO)(CO)Cc1ccc(F)c(Br)c1. The highest BCUT2D eigenvalue weighted by Crippen LogP contribution is 2.24. The van der Waals surface area contributed by atoms with E-state index < -0.39 is 5.41 Å². The van der Waals surface area contributed by atoms with Gasteiger partial charge in [0.15, 0.2) is 0 Å². The number of hydrogen-bond acceptors (Lipinski definition) is 2. The first-order chi connectivity index (χ1) is 7.00. The van der Waals surface area contributed by atoms with Gasteiger partial charge < -0.3 is 10.2 Å². The summed E-state index contributed by atoms with van der Waals surface area (Å²) in [7, 11) is 0. The maximum Gasteiger partial charge on any atom is 0.137 e. The van der Waals surface area contributed by atoms with E-state index >= 15 is 0 Å². The third kappa shape index (κ3) is 3.26. The summed E-state index contributed by atoms with van der Waals surface area (Å²) in [5, 5.41) is 18.2. The minimum atomic E-state index is -0.558. The lowest BCUT2D eigenvalue weighted by atomic mass is 9.85. The van der Waals surface area contributed by atoms with Gasteiger partial charge >= 0.3 is 0 Å². The lowest BCUT2D eigenvalue weighted by Crippen LogP contribution is -2.28. The molecule has 0 aliphatic carbocycles. The quantitative estimate of drug-likeness (QED) is 0.885. The Morgan fingerprint density at radius 3 is 2.40 bits per heavy atom. The highest BCUT2D eigenvalue weighted by atomic mass is 79.9. The van der Waals surface area contributed by atoms with Crippen molar-refractivity contribution in [3.63, 3.8) is 0 Å². The van der Waals surface area contributed by atoms with Crippen molar-refractivity contribution in [2.45, 2.75) is 13.3 Å². The molecular formula is C11H14BrFO2. The topological polar surface area (TPSA) is 40.5 Å². The van der Waals surface area contributed by atoms with E-state index in [1.165, 1.54) is 6.07 Å². The van der Waals surface area contributed by atoms with Crippen molar-refractivity contribution in [3.8, 4) is 0 Å². The van der Waals surface area contributed by atoms with Crippen molar-refractivity contribution in [1.82, 2.24) is 0 Å². The Bertz CT molecular complexity index is 337. The smallest absolute Gasteiger partial charge is 0.137 e. The standard InChI is InChI=1S/C11H14BrFO2/c1-11(6-14,7-15)5-8-2-3-10(13)9(12)4-8/h2-4,14-15H,5-7H2,1H3. The van der Waals surface area contributed by atoms with E-state index in [2.05, 4.69) is 15.9 Å². The Kier molecular flexibility index (Phi) is 4.25. The average Bonchev–Trinajstić information content (AvgIpc) is 2.23. The predicted octanol–water partition coefficient (Wildman–Crippen LogP) is 2.12. The van der Waals surface area contributed by atoms with Crippen LogP contribution in [0.3, 0.4) is 0 Å². The van der Waals surface area contributed by atoms with Crippen LogP contribution in [-0.2, 0) is 6.42 Å². The second kappa shape index (κ2) is 5.05. The molecule has 0 bridgehead atoms. The molecule has 1 aromatic rings. The molecule has 0 saturated heterocycles. The van der Waals surface area contributed by atoms with Crippen LogP contribution in [0.5, 0.6) is 0 Å². The molecule has 1 aromatic carbocycles. The third-order valence-electron chi connectivity index (χ3n) is 2.38. The summed E-state index contributed by atoms with van der Waals surface area (Å²) >= 11 is 3.10. The fraction of sp³-hybridized carbons (Fsp3) is 0.455. The van der Waals surface area contributed by atoms with E-state index in [9.17, 15) is 4.39 Å². The first kappa shape index (κ1) is 12.6. The zero-order valence-corrected chi connectivity index (χ0v) is 10.1. The molecule has 0 atom stereocenters. The fourth-order valence-electron chi connectivity index (χ4n) is 1.30. The van der Waals surface area contributed by atoms with Gasteiger partial charge in [0.05, 0.1) is 17.7 Å². The van der Waals surface area contributed by atoms with Crippen LogP contribution < -0.4 is 0 Å². The molecule has 0 fully saturated rings. The predicted molar refractivity (Wildman–Crippen MR) is 60.1 cm³/mol. The summed E-state index contributed by atoms with van der Waals surface area (Å²) in [6.45, 7) is 1.58. The van der Waals surface area contributed by atoms with E-state index in [1.54, 1.807) is 19.1 Å². The Hall–Kier alpha value is -0.450. The lowest BCUT2D eigenvalue weighted by Gasteiger charge is -2.24. The van der Waals surface area contributed by atoms with E-state index in [1.807, 2.05) is 0 Å². The monoisotopic (exact) mass is 276 g/mol. The highest BCUT2D eigenvalue weighted by Gasteiger charge is 2.23. The van der Waals surface area contributed by atoms with E-state index in [-0.39, 0.29) is 19.0 Å². The molecule has 0 saturated carbocycles. The first-order valence-corrected chi connectivity index (χ1v) is 5.46. The van der Waals surface area contributed by atoms with Crippen molar-refractivity contribution in [3.05, 3.63) is 34.1 Å². The van der Waals surface area contributed by atoms with E-state index in [0.717, 1.165) is 5.56 Å². The van der Waals surface area contributed by atoms with E-state index in [0.29, 0.717) is 10.9 Å². The van der Waals surface area contributed by atoms with Gasteiger partial charge in [-0.2, -0.15) is 0 Å². The first-order valence-electron chi connectivity index (χ1n) is 4.66. The van der Waals surface area contributed by atoms with Gasteiger partial charge in [-0.1, -0.05) is 13.0 Å². The average molecular weight is 277 g/mol. The minimum absolute atomic E-state index is 0.0987. The van der Waals surface area contributed by atoms with Crippen molar-refractivity contribution in [1.29, 1.82) is 0 Å². The van der Waals surface area contributed by atoms with Crippen molar-refractivity contribution in [2.75, 3.05) is 13.2 Å². The van der Waals surface area contributed by atoms with Crippen LogP contribution >= 0.6 is 15.9 Å². The summed E-state index contributed by atoms with van der Waals surface area (Å²) in [6.07, 6.45) is 0.513. The summed E-state index contributed by atoms with van der Waals surface area (Å²) in [5.74, 6) is -0.312. The van der Waals surface area contributed by atoms with Gasteiger partial charge in [-0.3, -0.25) is 0 Å². The van der Waals surface area contributed by atoms with Gasteiger partial charge in [-0.05, 0) is 40.0 Å². The van der Waals surface area contributed by atoms with Crippen LogP contribution in [0.25, 0.3) is 0 Å². The van der Waals surface area contributed by atoms with Crippen molar-refractivity contribution in [2.24, 2.45) is 5.41 Å². The number of benzene rings is 1. The maximum atomic E-state index is 12.9. The molecular weight excluding hydrogens is 263 g/mol. The molecule has 4 heteroatoms. The molecule has 0 heterocycles. The van der Waals surface area contributed by atoms with Crippen LogP contribution in [0.4, 0.5) is 4.39 Å². The molecule has 15 heavy (non-hydrogen) atoms. The Morgan fingerprint density at radius 1 is 1.33 bits per heavy atom. The largest absolute Gasteiger partial charge is 0.396 e. The number of halogens is 2. The molecule has 0 radical (unpaired) electrons. The molecule has 84 valence electrons. The van der Waals surface area contributed by atoms with Crippen LogP contribution in [0.15, 0.2) is 22.7 Å². The number of hydrogen-bond donors (Lipinski definition) is 2. The Labute approximate surface area is 96.9 Å². The van der Waals surface area contributed by atoms with Crippen molar-refractivity contribution < 1.29 is 14.6 Å². The zero-order chi connectivity index (χ0) is 11.5. The minimum Gasteiger partial charge on any atom is -0.396 e. The van der Waals surface area contributed by atoms with Gasteiger partial charge in [-0.15, -0.1) is 0 Å². The normalized spacial score (nSPS) is 11.8. The lowest BCUT2D eigenvalue weighted by molar-refractivity contribution is 0.0704. The number of aliphatic hydroxyl groups excluding tert-OH is 2. The summed E-state index contributed by atoms with van der Waals surface area (Å²) < 4.78 is 13.4. The molecule has 0 spiro atoms. The molecule has 1 rings (SSSR count). The van der Waals surface area contributed by atoms with Crippen LogP contribution in [-0.4, -0.2) is 23.4 Å². The van der Waals surface area contributed by atoms with Gasteiger partial charge in [0.25, 0.3) is 0 Å². The molecule has 0 aliphatic rings. The molecule has 0 aliphatic heterocycles. The van der Waals surface area contributed by atoms with Crippen LogP contribution in [0.1, 0.15) is 12.5 Å². The number of aliphatic hydroxyl groups is 2.